The molecule has 2 saturated heterocycles. The molecule has 0 amide bonds. The van der Waals surface area contributed by atoms with E-state index in [-0.39, 0.29) is 25.2 Å². The molecule has 0 N–H and O–H groups in total. The van der Waals surface area contributed by atoms with E-state index in [1.165, 1.54) is 6.08 Å². The highest BCUT2D eigenvalue weighted by Crippen LogP contribution is 2.60. The minimum Gasteiger partial charge on any atom is -0.468 e. The summed E-state index contributed by atoms with van der Waals surface area (Å²) in [5, 5.41) is 0. The Labute approximate surface area is 185 Å². The van der Waals surface area contributed by atoms with Gasteiger partial charge in [-0.1, -0.05) is 6.42 Å². The van der Waals surface area contributed by atoms with Gasteiger partial charge in [0.1, 0.15) is 23.6 Å². The maximum atomic E-state index is 13.4. The van der Waals surface area contributed by atoms with E-state index in [0.717, 1.165) is 39.2 Å². The number of Topliss-reactive ketones (excluding diaryl/α,β-unsaturated/α-hetero) is 2. The van der Waals surface area contributed by atoms with Crippen LogP contribution in [0.1, 0.15) is 51.9 Å². The Morgan fingerprint density at radius 2 is 1.88 bits per heavy atom. The van der Waals surface area contributed by atoms with Crippen molar-refractivity contribution in [1.82, 2.24) is 0 Å². The number of fused-ring (bicyclic) bond motifs is 5. The summed E-state index contributed by atoms with van der Waals surface area (Å²) in [5.41, 5.74) is -1.99. The molecule has 1 spiro atoms. The first-order chi connectivity index (χ1) is 15.4. The zero-order chi connectivity index (χ0) is 22.7. The molecule has 5 aliphatic rings. The molecule has 0 bridgehead atoms. The van der Waals surface area contributed by atoms with Crippen molar-refractivity contribution in [2.24, 2.45) is 23.2 Å². The molecule has 2 aliphatic heterocycles. The third-order valence-corrected chi connectivity index (χ3v) is 7.64. The second-order valence-corrected chi connectivity index (χ2v) is 9.21. The molecule has 9 heteroatoms. The zero-order valence-electron chi connectivity index (χ0n) is 18.3. The van der Waals surface area contributed by atoms with Gasteiger partial charge in [-0.15, -0.1) is 0 Å². The highest BCUT2D eigenvalue weighted by Gasteiger charge is 2.73. The molecule has 0 radical (unpaired) electrons. The Morgan fingerprint density at radius 3 is 2.56 bits per heavy atom. The van der Waals surface area contributed by atoms with Gasteiger partial charge in [0, 0.05) is 25.7 Å². The lowest BCUT2D eigenvalue weighted by atomic mass is 9.51. The average molecular weight is 448 g/mol. The summed E-state index contributed by atoms with van der Waals surface area (Å²) in [4.78, 5) is 52.9. The molecule has 32 heavy (non-hydrogen) atoms. The molecule has 3 aliphatic carbocycles. The van der Waals surface area contributed by atoms with Crippen LogP contribution in [0.2, 0.25) is 0 Å². The number of carbonyl (C=O) groups is 4. The van der Waals surface area contributed by atoms with Crippen molar-refractivity contribution in [1.29, 1.82) is 0 Å². The first-order valence-corrected chi connectivity index (χ1v) is 11.4. The van der Waals surface area contributed by atoms with Crippen molar-refractivity contribution >= 4 is 23.5 Å². The Hall–Kier alpha value is -2.26. The third kappa shape index (κ3) is 2.83. The molecule has 174 valence electrons. The monoisotopic (exact) mass is 448 g/mol. The summed E-state index contributed by atoms with van der Waals surface area (Å²) < 4.78 is 28.9. The van der Waals surface area contributed by atoms with Crippen molar-refractivity contribution < 1.29 is 42.9 Å². The van der Waals surface area contributed by atoms with Gasteiger partial charge in [-0.05, 0) is 25.8 Å². The average Bonchev–Trinajstić information content (AvgIpc) is 3.28. The second-order valence-electron chi connectivity index (χ2n) is 9.21. The first kappa shape index (κ1) is 21.6. The standard InChI is InChI=1S/C23H28O9/c1-3-29-19(26)12-11-14-16(17-13(24)7-8-15(25)23(12,17)21(27)28-2)18-20(30-14)32-22(31-18)9-5-4-6-10-22/h11-12,16-18,20H,3-10H2,1-2H3/t12-,16?,17?,18+,20+,23-/m0/s1. The highest BCUT2D eigenvalue weighted by atomic mass is 16.8. The van der Waals surface area contributed by atoms with Crippen LogP contribution in [-0.4, -0.2) is 55.4 Å². The maximum Gasteiger partial charge on any atom is 0.321 e. The zero-order valence-corrected chi connectivity index (χ0v) is 18.3. The van der Waals surface area contributed by atoms with Gasteiger partial charge in [-0.3, -0.25) is 19.2 Å². The van der Waals surface area contributed by atoms with Crippen molar-refractivity contribution in [3.8, 4) is 0 Å². The predicted octanol–water partition coefficient (Wildman–Crippen LogP) is 1.82. The van der Waals surface area contributed by atoms with E-state index in [2.05, 4.69) is 0 Å². The van der Waals surface area contributed by atoms with Gasteiger partial charge < -0.3 is 23.7 Å². The summed E-state index contributed by atoms with van der Waals surface area (Å²) in [5.74, 6) is -6.01. The maximum absolute atomic E-state index is 13.4. The van der Waals surface area contributed by atoms with E-state index in [1.807, 2.05) is 0 Å². The summed E-state index contributed by atoms with van der Waals surface area (Å²) in [6.07, 6.45) is 4.37. The number of ketones is 2. The van der Waals surface area contributed by atoms with E-state index >= 15 is 0 Å². The van der Waals surface area contributed by atoms with Gasteiger partial charge in [-0.25, -0.2) is 0 Å². The van der Waals surface area contributed by atoms with Crippen molar-refractivity contribution in [3.63, 3.8) is 0 Å². The van der Waals surface area contributed by atoms with E-state index in [1.54, 1.807) is 6.92 Å². The van der Waals surface area contributed by atoms with Gasteiger partial charge in [0.05, 0.1) is 25.6 Å². The molecule has 2 saturated carbocycles. The minimum absolute atomic E-state index is 0.00897. The van der Waals surface area contributed by atoms with Crippen LogP contribution in [0.5, 0.6) is 0 Å². The minimum atomic E-state index is -1.99. The van der Waals surface area contributed by atoms with Crippen LogP contribution >= 0.6 is 0 Å². The van der Waals surface area contributed by atoms with Crippen LogP contribution in [0.25, 0.3) is 0 Å². The molecule has 5 rings (SSSR count). The lowest BCUT2D eigenvalue weighted by molar-refractivity contribution is -0.228. The molecule has 2 heterocycles. The van der Waals surface area contributed by atoms with Crippen molar-refractivity contribution in [2.75, 3.05) is 13.7 Å². The van der Waals surface area contributed by atoms with E-state index in [4.69, 9.17) is 23.7 Å². The molecule has 0 aromatic rings. The van der Waals surface area contributed by atoms with Gasteiger partial charge in [-0.2, -0.15) is 0 Å². The number of hydrogen-bond acceptors (Lipinski definition) is 9. The lowest BCUT2D eigenvalue weighted by Gasteiger charge is -2.47. The van der Waals surface area contributed by atoms with Crippen molar-refractivity contribution in [2.45, 2.75) is 70.1 Å². The number of carbonyl (C=O) groups excluding carboxylic acids is 4. The quantitative estimate of drug-likeness (QED) is 0.471. The largest absolute Gasteiger partial charge is 0.468 e. The first-order valence-electron chi connectivity index (χ1n) is 11.4. The van der Waals surface area contributed by atoms with Crippen LogP contribution in [-0.2, 0) is 42.9 Å². The fraction of sp³-hybridized carbons (Fsp3) is 0.739. The second kappa shape index (κ2) is 7.66. The summed E-state index contributed by atoms with van der Waals surface area (Å²) >= 11 is 0. The van der Waals surface area contributed by atoms with E-state index in [9.17, 15) is 19.2 Å². The van der Waals surface area contributed by atoms with E-state index < -0.39 is 59.1 Å². The number of rotatable bonds is 3. The molecule has 6 atom stereocenters. The van der Waals surface area contributed by atoms with Gasteiger partial charge in [0.15, 0.2) is 17.0 Å². The van der Waals surface area contributed by atoms with Crippen molar-refractivity contribution in [3.05, 3.63) is 11.8 Å². The third-order valence-electron chi connectivity index (χ3n) is 7.64. The van der Waals surface area contributed by atoms with E-state index in [0.29, 0.717) is 5.76 Å². The Morgan fingerprint density at radius 1 is 1.12 bits per heavy atom. The summed E-state index contributed by atoms with van der Waals surface area (Å²) in [6, 6.07) is 0. The number of esters is 2. The van der Waals surface area contributed by atoms with Crippen LogP contribution in [0.15, 0.2) is 11.8 Å². The Kier molecular flexibility index (Phi) is 5.16. The van der Waals surface area contributed by atoms with Crippen LogP contribution in [0.3, 0.4) is 0 Å². The normalized spacial score (nSPS) is 39.4. The summed E-state index contributed by atoms with van der Waals surface area (Å²) in [7, 11) is 1.15. The SMILES string of the molecule is CCOC(=O)[C@@H]1C=C2O[C@@H]3OC4(CCCCC4)O[C@@H]3C2C2C(=O)CCC(=O)[C@]21C(=O)OC. The van der Waals surface area contributed by atoms with Gasteiger partial charge in [0.2, 0.25) is 6.29 Å². The predicted molar refractivity (Wildman–Crippen MR) is 106 cm³/mol. The van der Waals surface area contributed by atoms with Gasteiger partial charge in [0.25, 0.3) is 0 Å². The van der Waals surface area contributed by atoms with Crippen LogP contribution < -0.4 is 0 Å². The fourth-order valence-corrected chi connectivity index (χ4v) is 6.34. The molecular weight excluding hydrogens is 420 g/mol. The fourth-order valence-electron chi connectivity index (χ4n) is 6.34. The topological polar surface area (TPSA) is 114 Å². The molecule has 0 aromatic heterocycles. The van der Waals surface area contributed by atoms with Crippen LogP contribution in [0, 0.1) is 23.2 Å². The smallest absolute Gasteiger partial charge is 0.321 e. The molecule has 9 nitrogen and oxygen atoms in total. The number of methoxy groups -OCH3 is 1. The van der Waals surface area contributed by atoms with Gasteiger partial charge >= 0.3 is 11.9 Å². The number of hydrogen-bond donors (Lipinski definition) is 0. The Balaban J connectivity index is 1.62. The summed E-state index contributed by atoms with van der Waals surface area (Å²) in [6.45, 7) is 1.70. The van der Waals surface area contributed by atoms with Crippen LogP contribution in [0.4, 0.5) is 0 Å². The lowest BCUT2D eigenvalue weighted by Crippen LogP contribution is -2.63. The number of ether oxygens (including phenoxy) is 5. The highest BCUT2D eigenvalue weighted by molar-refractivity contribution is 6.14. The molecule has 0 aromatic carbocycles. The molecular formula is C23H28O9. The molecule has 2 unspecified atom stereocenters. The Bertz CT molecular complexity index is 876. The molecule has 4 fully saturated rings.